The monoisotopic (exact) mass is 356 g/mol. The van der Waals surface area contributed by atoms with Crippen LogP contribution in [0.1, 0.15) is 36.4 Å². The van der Waals surface area contributed by atoms with Gasteiger partial charge in [-0.2, -0.15) is 13.2 Å². The number of ether oxygens (including phenoxy) is 1. The summed E-state index contributed by atoms with van der Waals surface area (Å²) in [5, 5.41) is 4.70. The summed E-state index contributed by atoms with van der Waals surface area (Å²) in [5.74, 6) is -1.85. The maximum atomic E-state index is 12.7. The Kier molecular flexibility index (Phi) is 4.62. The van der Waals surface area contributed by atoms with E-state index in [1.807, 2.05) is 30.4 Å². The van der Waals surface area contributed by atoms with E-state index in [-0.39, 0.29) is 18.9 Å². The number of hydrogen-bond donors (Lipinski definition) is 2. The van der Waals surface area contributed by atoms with E-state index in [1.54, 1.807) is 0 Å². The lowest BCUT2D eigenvalue weighted by Gasteiger charge is -2.32. The van der Waals surface area contributed by atoms with Crippen molar-refractivity contribution in [2.45, 2.75) is 44.4 Å². The van der Waals surface area contributed by atoms with Gasteiger partial charge in [0.25, 0.3) is 0 Å². The van der Waals surface area contributed by atoms with Crippen LogP contribution < -0.4 is 15.4 Å². The summed E-state index contributed by atoms with van der Waals surface area (Å²) in [6.45, 7) is 2.34. The van der Waals surface area contributed by atoms with E-state index in [4.69, 9.17) is 4.74 Å². The van der Waals surface area contributed by atoms with Gasteiger partial charge in [-0.3, -0.25) is 9.59 Å². The second-order valence-corrected chi connectivity index (χ2v) is 6.47. The molecule has 2 N–H and O–H groups in total. The molecule has 1 aromatic carbocycles. The van der Waals surface area contributed by atoms with Gasteiger partial charge in [-0.25, -0.2) is 0 Å². The fraction of sp³-hybridized carbons (Fsp3) is 0.529. The Balaban J connectivity index is 1.68. The molecule has 3 unspecified atom stereocenters. The lowest BCUT2D eigenvalue weighted by Crippen LogP contribution is -2.54. The molecule has 0 bridgehead atoms. The molecule has 2 aliphatic rings. The van der Waals surface area contributed by atoms with Crippen molar-refractivity contribution < 1.29 is 27.5 Å². The number of alkyl halides is 3. The number of rotatable bonds is 2. The van der Waals surface area contributed by atoms with Crippen LogP contribution in [-0.2, 0) is 9.59 Å². The summed E-state index contributed by atoms with van der Waals surface area (Å²) < 4.78 is 43.6. The summed E-state index contributed by atoms with van der Waals surface area (Å²) in [6.07, 6.45) is -4.36. The fourth-order valence-corrected chi connectivity index (χ4v) is 3.24. The van der Waals surface area contributed by atoms with Crippen LogP contribution in [0.15, 0.2) is 18.2 Å². The lowest BCUT2D eigenvalue weighted by atomic mass is 9.91. The van der Waals surface area contributed by atoms with Crippen molar-refractivity contribution in [1.82, 2.24) is 10.6 Å². The summed E-state index contributed by atoms with van der Waals surface area (Å²) in [5.41, 5.74) is 1.83. The third-order valence-electron chi connectivity index (χ3n) is 4.61. The molecule has 3 rings (SSSR count). The number of amides is 2. The number of piperidine rings is 1. The maximum absolute atomic E-state index is 12.7. The third-order valence-corrected chi connectivity index (χ3v) is 4.61. The van der Waals surface area contributed by atoms with Crippen LogP contribution in [0.2, 0.25) is 0 Å². The summed E-state index contributed by atoms with van der Waals surface area (Å²) in [7, 11) is 0. The minimum Gasteiger partial charge on any atom is -0.493 e. The number of halogens is 3. The third kappa shape index (κ3) is 3.72. The van der Waals surface area contributed by atoms with Crippen molar-refractivity contribution in [1.29, 1.82) is 0 Å². The molecule has 1 saturated heterocycles. The molecule has 1 fully saturated rings. The Labute approximate surface area is 142 Å². The van der Waals surface area contributed by atoms with Crippen molar-refractivity contribution in [2.75, 3.05) is 6.61 Å². The average molecular weight is 356 g/mol. The van der Waals surface area contributed by atoms with E-state index >= 15 is 0 Å². The van der Waals surface area contributed by atoms with Gasteiger partial charge in [0.15, 0.2) is 0 Å². The SMILES string of the molecule is Cc1ccc2c(c1)C(NC(=O)C1CCC(C(F)(F)F)NC1=O)CCO2. The Bertz CT molecular complexity index is 690. The van der Waals surface area contributed by atoms with Crippen molar-refractivity contribution in [3.63, 3.8) is 0 Å². The van der Waals surface area contributed by atoms with Crippen molar-refractivity contribution in [3.8, 4) is 5.75 Å². The zero-order chi connectivity index (χ0) is 18.2. The van der Waals surface area contributed by atoms with E-state index in [0.717, 1.165) is 11.1 Å². The fourth-order valence-electron chi connectivity index (χ4n) is 3.24. The first-order valence-corrected chi connectivity index (χ1v) is 8.16. The summed E-state index contributed by atoms with van der Waals surface area (Å²) >= 11 is 0. The van der Waals surface area contributed by atoms with Gasteiger partial charge < -0.3 is 15.4 Å². The van der Waals surface area contributed by atoms with Gasteiger partial charge in [-0.1, -0.05) is 17.7 Å². The number of nitrogens with one attached hydrogen (secondary N) is 2. The molecule has 136 valence electrons. The smallest absolute Gasteiger partial charge is 0.408 e. The molecule has 8 heteroatoms. The minimum atomic E-state index is -4.49. The number of fused-ring (bicyclic) bond motifs is 1. The van der Waals surface area contributed by atoms with Crippen LogP contribution in [0, 0.1) is 12.8 Å². The topological polar surface area (TPSA) is 67.4 Å². The average Bonchev–Trinajstić information content (AvgIpc) is 2.54. The summed E-state index contributed by atoms with van der Waals surface area (Å²) in [4.78, 5) is 24.4. The van der Waals surface area contributed by atoms with Crippen LogP contribution in [0.4, 0.5) is 13.2 Å². The molecule has 0 aliphatic carbocycles. The summed E-state index contributed by atoms with van der Waals surface area (Å²) in [6, 6.07) is 3.43. The minimum absolute atomic E-state index is 0.119. The second kappa shape index (κ2) is 6.57. The van der Waals surface area contributed by atoms with Gasteiger partial charge in [-0.05, 0) is 25.8 Å². The highest BCUT2D eigenvalue weighted by atomic mass is 19.4. The first-order valence-electron chi connectivity index (χ1n) is 8.16. The van der Waals surface area contributed by atoms with Crippen LogP contribution in [0.5, 0.6) is 5.75 Å². The molecule has 3 atom stereocenters. The number of hydrogen-bond acceptors (Lipinski definition) is 3. The maximum Gasteiger partial charge on any atom is 0.408 e. The quantitative estimate of drug-likeness (QED) is 0.800. The highest BCUT2D eigenvalue weighted by Crippen LogP contribution is 2.34. The number of carbonyl (C=O) groups excluding carboxylic acids is 2. The van der Waals surface area contributed by atoms with E-state index in [2.05, 4.69) is 5.32 Å². The molecule has 0 saturated carbocycles. The zero-order valence-electron chi connectivity index (χ0n) is 13.7. The highest BCUT2D eigenvalue weighted by molar-refractivity contribution is 6.01. The van der Waals surface area contributed by atoms with Crippen LogP contribution in [0.25, 0.3) is 0 Å². The van der Waals surface area contributed by atoms with Crippen LogP contribution in [0.3, 0.4) is 0 Å². The number of benzene rings is 1. The van der Waals surface area contributed by atoms with Crippen molar-refractivity contribution >= 4 is 11.8 Å². The molecule has 0 aromatic heterocycles. The molecule has 25 heavy (non-hydrogen) atoms. The van der Waals surface area contributed by atoms with Gasteiger partial charge in [0, 0.05) is 12.0 Å². The normalized spacial score (nSPS) is 26.2. The number of aryl methyl sites for hydroxylation is 1. The first kappa shape index (κ1) is 17.6. The number of carbonyl (C=O) groups is 2. The van der Waals surface area contributed by atoms with Crippen LogP contribution >= 0.6 is 0 Å². The van der Waals surface area contributed by atoms with Gasteiger partial charge in [0.05, 0.1) is 12.6 Å². The van der Waals surface area contributed by atoms with E-state index in [9.17, 15) is 22.8 Å². The Morgan fingerprint density at radius 2 is 2.04 bits per heavy atom. The molecule has 0 spiro atoms. The Morgan fingerprint density at radius 1 is 1.28 bits per heavy atom. The van der Waals surface area contributed by atoms with Gasteiger partial charge in [0.2, 0.25) is 11.8 Å². The molecule has 2 amide bonds. The van der Waals surface area contributed by atoms with Gasteiger partial charge >= 0.3 is 6.18 Å². The molecular weight excluding hydrogens is 337 g/mol. The first-order chi connectivity index (χ1) is 11.8. The largest absolute Gasteiger partial charge is 0.493 e. The van der Waals surface area contributed by atoms with E-state index in [1.165, 1.54) is 0 Å². The zero-order valence-corrected chi connectivity index (χ0v) is 13.7. The Hall–Kier alpha value is -2.25. The Morgan fingerprint density at radius 3 is 2.72 bits per heavy atom. The molecule has 2 heterocycles. The standard InChI is InChI=1S/C17H19F3N2O3/c1-9-2-4-13-11(8-9)12(6-7-25-13)21-15(23)10-3-5-14(17(18,19)20)22-16(10)24/h2,4,8,10,12,14H,3,5-7H2,1H3,(H,21,23)(H,22,24). The van der Waals surface area contributed by atoms with Crippen molar-refractivity contribution in [3.05, 3.63) is 29.3 Å². The lowest BCUT2D eigenvalue weighted by molar-refractivity contribution is -0.171. The van der Waals surface area contributed by atoms with Crippen LogP contribution in [-0.4, -0.2) is 30.6 Å². The predicted molar refractivity (Wildman–Crippen MR) is 82.9 cm³/mol. The second-order valence-electron chi connectivity index (χ2n) is 6.47. The highest BCUT2D eigenvalue weighted by Gasteiger charge is 2.46. The van der Waals surface area contributed by atoms with Gasteiger partial charge in [-0.15, -0.1) is 0 Å². The molecule has 2 aliphatic heterocycles. The van der Waals surface area contributed by atoms with Crippen molar-refractivity contribution in [2.24, 2.45) is 5.92 Å². The molecule has 1 aromatic rings. The van der Waals surface area contributed by atoms with E-state index in [0.29, 0.717) is 18.8 Å². The van der Waals surface area contributed by atoms with E-state index < -0.39 is 30.0 Å². The molecule has 0 radical (unpaired) electrons. The molecular formula is C17H19F3N2O3. The molecule has 5 nitrogen and oxygen atoms in total. The predicted octanol–water partition coefficient (Wildman–Crippen LogP) is 2.39. The van der Waals surface area contributed by atoms with Gasteiger partial charge in [0.1, 0.15) is 17.7 Å².